The Labute approximate surface area is 168 Å². The molecule has 0 aliphatic heterocycles. The van der Waals surface area contributed by atoms with E-state index in [9.17, 15) is 4.79 Å². The van der Waals surface area contributed by atoms with Crippen molar-refractivity contribution in [2.24, 2.45) is 0 Å². The first-order valence-corrected chi connectivity index (χ1v) is 9.52. The summed E-state index contributed by atoms with van der Waals surface area (Å²) in [5.74, 6) is 2.64. The molecule has 152 valence electrons. The lowest BCUT2D eigenvalue weighted by Gasteiger charge is -2.13. The highest BCUT2D eigenvalue weighted by Gasteiger charge is 2.30. The van der Waals surface area contributed by atoms with Crippen molar-refractivity contribution in [3.8, 4) is 23.0 Å². The second-order valence-electron chi connectivity index (χ2n) is 7.21. The molecule has 8 nitrogen and oxygen atoms in total. The van der Waals surface area contributed by atoms with Gasteiger partial charge >= 0.3 is 0 Å². The van der Waals surface area contributed by atoms with Gasteiger partial charge in [0.2, 0.25) is 17.7 Å². The molecule has 8 heteroatoms. The summed E-state index contributed by atoms with van der Waals surface area (Å²) in [6.07, 6.45) is 2.21. The van der Waals surface area contributed by atoms with E-state index in [0.29, 0.717) is 34.9 Å². The molecule has 0 bridgehead atoms. The molecule has 2 heterocycles. The van der Waals surface area contributed by atoms with Crippen molar-refractivity contribution in [2.75, 3.05) is 19.5 Å². The monoisotopic (exact) mass is 396 g/mol. The summed E-state index contributed by atoms with van der Waals surface area (Å²) in [7, 11) is 3.14. The number of aromatic nitrogens is 3. The number of nitrogens with one attached hydrogen (secondary N) is 1. The molecule has 1 N–H and O–H groups in total. The first kappa shape index (κ1) is 19.0. The van der Waals surface area contributed by atoms with Gasteiger partial charge in [0.05, 0.1) is 25.5 Å². The number of ether oxygens (including phenoxy) is 2. The minimum absolute atomic E-state index is 0.154. The van der Waals surface area contributed by atoms with Crippen molar-refractivity contribution in [1.82, 2.24) is 14.8 Å². The predicted octanol–water partition coefficient (Wildman–Crippen LogP) is 3.69. The first-order chi connectivity index (χ1) is 14.0. The number of amides is 1. The third-order valence-corrected chi connectivity index (χ3v) is 5.15. The molecular formula is C21H24N4O4. The molecule has 1 aliphatic carbocycles. The maximum Gasteiger partial charge on any atom is 0.249 e. The van der Waals surface area contributed by atoms with Crippen LogP contribution in [0.4, 0.5) is 5.69 Å². The minimum Gasteiger partial charge on any atom is -0.497 e. The van der Waals surface area contributed by atoms with Gasteiger partial charge in [-0.1, -0.05) is 0 Å². The first-order valence-electron chi connectivity index (χ1n) is 9.52. The van der Waals surface area contributed by atoms with E-state index >= 15 is 0 Å². The maximum atomic E-state index is 12.7. The van der Waals surface area contributed by atoms with Crippen LogP contribution < -0.4 is 14.8 Å². The average molecular weight is 396 g/mol. The number of anilines is 1. The van der Waals surface area contributed by atoms with Crippen LogP contribution in [-0.2, 0) is 11.3 Å². The van der Waals surface area contributed by atoms with Gasteiger partial charge in [-0.05, 0) is 44.9 Å². The highest BCUT2D eigenvalue weighted by atomic mass is 16.5. The lowest BCUT2D eigenvalue weighted by atomic mass is 10.2. The number of carbonyl (C=O) groups excluding carboxylic acids is 1. The molecule has 0 spiro atoms. The second kappa shape index (κ2) is 7.62. The van der Waals surface area contributed by atoms with E-state index in [0.717, 1.165) is 29.8 Å². The smallest absolute Gasteiger partial charge is 0.249 e. The normalized spacial score (nSPS) is 13.4. The zero-order valence-electron chi connectivity index (χ0n) is 17.0. The highest BCUT2D eigenvalue weighted by molar-refractivity contribution is 5.92. The number of hydrogen-bond acceptors (Lipinski definition) is 6. The number of carbonyl (C=O) groups is 1. The molecule has 1 aromatic carbocycles. The topological polar surface area (TPSA) is 91.4 Å². The van der Waals surface area contributed by atoms with Crippen LogP contribution >= 0.6 is 0 Å². The van der Waals surface area contributed by atoms with Gasteiger partial charge in [-0.25, -0.2) is 0 Å². The van der Waals surface area contributed by atoms with E-state index in [1.807, 2.05) is 24.5 Å². The molecule has 0 radical (unpaired) electrons. The molecule has 0 atom stereocenters. The van der Waals surface area contributed by atoms with Crippen LogP contribution in [0.2, 0.25) is 0 Å². The summed E-state index contributed by atoms with van der Waals surface area (Å²) in [5, 5.41) is 11.2. The summed E-state index contributed by atoms with van der Waals surface area (Å²) in [6, 6.07) is 7.24. The molecule has 0 saturated heterocycles. The standard InChI is InChI=1S/C21H24N4O4/c1-12-9-16(21-24-23-20(29-21)14-5-6-14)13(2)25(12)11-19(26)22-17-10-15(27-3)7-8-18(17)28-4/h7-10,14H,5-6,11H2,1-4H3,(H,22,26). The molecule has 1 aliphatic rings. The SMILES string of the molecule is COc1ccc(OC)c(NC(=O)Cn2c(C)cc(-c3nnc(C4CC4)o3)c2C)c1. The molecule has 2 aromatic heterocycles. The molecule has 1 amide bonds. The average Bonchev–Trinajstić information content (AvgIpc) is 3.39. The largest absolute Gasteiger partial charge is 0.497 e. The van der Waals surface area contributed by atoms with Gasteiger partial charge in [0.25, 0.3) is 0 Å². The van der Waals surface area contributed by atoms with E-state index in [1.165, 1.54) is 0 Å². The van der Waals surface area contributed by atoms with E-state index in [2.05, 4.69) is 15.5 Å². The lowest BCUT2D eigenvalue weighted by molar-refractivity contribution is -0.116. The molecular weight excluding hydrogens is 372 g/mol. The Morgan fingerprint density at radius 2 is 2.00 bits per heavy atom. The van der Waals surface area contributed by atoms with Crippen molar-refractivity contribution in [2.45, 2.75) is 39.2 Å². The Kier molecular flexibility index (Phi) is 5.00. The van der Waals surface area contributed by atoms with Crippen LogP contribution in [0.1, 0.15) is 36.0 Å². The zero-order valence-corrected chi connectivity index (χ0v) is 17.0. The van der Waals surface area contributed by atoms with Crippen LogP contribution in [0.15, 0.2) is 28.7 Å². The van der Waals surface area contributed by atoms with Gasteiger partial charge in [-0.2, -0.15) is 0 Å². The highest BCUT2D eigenvalue weighted by Crippen LogP contribution is 2.40. The van der Waals surface area contributed by atoms with Crippen molar-refractivity contribution in [1.29, 1.82) is 0 Å². The molecule has 1 fully saturated rings. The van der Waals surface area contributed by atoms with E-state index in [4.69, 9.17) is 13.9 Å². The van der Waals surface area contributed by atoms with Crippen molar-refractivity contribution in [3.05, 3.63) is 41.5 Å². The molecule has 1 saturated carbocycles. The summed E-state index contributed by atoms with van der Waals surface area (Å²) in [6.45, 7) is 4.05. The summed E-state index contributed by atoms with van der Waals surface area (Å²) in [5.41, 5.74) is 3.26. The van der Waals surface area contributed by atoms with Crippen LogP contribution in [0.3, 0.4) is 0 Å². The lowest BCUT2D eigenvalue weighted by Crippen LogP contribution is -2.20. The Morgan fingerprint density at radius 1 is 1.21 bits per heavy atom. The van der Waals surface area contributed by atoms with Crippen molar-refractivity contribution in [3.63, 3.8) is 0 Å². The van der Waals surface area contributed by atoms with Gasteiger partial charge in [0, 0.05) is 23.4 Å². The van der Waals surface area contributed by atoms with Gasteiger partial charge in [0.15, 0.2) is 0 Å². The van der Waals surface area contributed by atoms with Gasteiger partial charge in [-0.3, -0.25) is 4.79 Å². The van der Waals surface area contributed by atoms with Gasteiger partial charge < -0.3 is 23.8 Å². The van der Waals surface area contributed by atoms with Crippen LogP contribution in [0.5, 0.6) is 11.5 Å². The zero-order chi connectivity index (χ0) is 20.5. The van der Waals surface area contributed by atoms with Crippen molar-refractivity contribution >= 4 is 11.6 Å². The summed E-state index contributed by atoms with van der Waals surface area (Å²) >= 11 is 0. The number of benzene rings is 1. The van der Waals surface area contributed by atoms with E-state index in [-0.39, 0.29) is 12.5 Å². The van der Waals surface area contributed by atoms with E-state index < -0.39 is 0 Å². The molecule has 29 heavy (non-hydrogen) atoms. The fourth-order valence-corrected chi connectivity index (χ4v) is 3.34. The minimum atomic E-state index is -0.172. The summed E-state index contributed by atoms with van der Waals surface area (Å²) in [4.78, 5) is 12.7. The molecule has 4 rings (SSSR count). The maximum absolute atomic E-state index is 12.7. The van der Waals surface area contributed by atoms with Crippen LogP contribution in [-0.4, -0.2) is 34.9 Å². The van der Waals surface area contributed by atoms with E-state index in [1.54, 1.807) is 32.4 Å². The summed E-state index contributed by atoms with van der Waals surface area (Å²) < 4.78 is 18.3. The quantitative estimate of drug-likeness (QED) is 0.655. The van der Waals surface area contributed by atoms with Gasteiger partial charge in [0.1, 0.15) is 18.0 Å². The number of methoxy groups -OCH3 is 2. The number of aryl methyl sites for hydroxylation is 1. The Balaban J connectivity index is 1.53. The predicted molar refractivity (Wildman–Crippen MR) is 107 cm³/mol. The number of nitrogens with zero attached hydrogens (tertiary/aromatic N) is 3. The molecule has 0 unspecified atom stereocenters. The Bertz CT molecular complexity index is 1050. The van der Waals surface area contributed by atoms with Gasteiger partial charge in [-0.15, -0.1) is 10.2 Å². The third-order valence-electron chi connectivity index (χ3n) is 5.15. The fraction of sp³-hybridized carbons (Fsp3) is 0.381. The number of rotatable bonds is 7. The van der Waals surface area contributed by atoms with Crippen molar-refractivity contribution < 1.29 is 18.7 Å². The number of hydrogen-bond donors (Lipinski definition) is 1. The Morgan fingerprint density at radius 3 is 2.69 bits per heavy atom. The Hall–Kier alpha value is -3.29. The third kappa shape index (κ3) is 3.83. The second-order valence-corrected chi connectivity index (χ2v) is 7.21. The van der Waals surface area contributed by atoms with Crippen LogP contribution in [0, 0.1) is 13.8 Å². The molecule has 3 aromatic rings. The fourth-order valence-electron chi connectivity index (χ4n) is 3.34. The van der Waals surface area contributed by atoms with Crippen LogP contribution in [0.25, 0.3) is 11.5 Å².